The van der Waals surface area contributed by atoms with Crippen molar-refractivity contribution in [1.82, 2.24) is 9.88 Å². The van der Waals surface area contributed by atoms with Gasteiger partial charge in [0, 0.05) is 13.1 Å². The normalized spacial score (nSPS) is 11.2. The molecule has 96 valence electrons. The molecule has 0 saturated carbocycles. The second-order valence-corrected chi connectivity index (χ2v) is 7.08. The van der Waals surface area contributed by atoms with E-state index in [-0.39, 0.29) is 0 Å². The van der Waals surface area contributed by atoms with Crippen LogP contribution in [-0.2, 0) is 13.1 Å². The Hall–Kier alpha value is -0.130. The molecule has 0 radical (unpaired) electrons. The van der Waals surface area contributed by atoms with E-state index in [9.17, 15) is 0 Å². The number of hydrogen-bond acceptors (Lipinski definition) is 3. The number of thiophene rings is 1. The summed E-state index contributed by atoms with van der Waals surface area (Å²) in [4.78, 5) is 6.40. The van der Waals surface area contributed by atoms with Crippen molar-refractivity contribution in [3.8, 4) is 0 Å². The summed E-state index contributed by atoms with van der Waals surface area (Å²) in [6, 6.07) is 5.60. The highest BCUT2D eigenvalue weighted by Crippen LogP contribution is 2.23. The van der Waals surface area contributed by atoms with E-state index in [4.69, 9.17) is 23.2 Å². The molecule has 0 atom stereocenters. The Morgan fingerprint density at radius 1 is 1.33 bits per heavy atom. The summed E-state index contributed by atoms with van der Waals surface area (Å²) < 4.78 is 1.14. The lowest BCUT2D eigenvalue weighted by atomic mass is 10.3. The molecular formula is C12H11BrCl2N2S. The molecule has 2 rings (SSSR count). The van der Waals surface area contributed by atoms with Gasteiger partial charge in [0.05, 0.1) is 14.5 Å². The first kappa shape index (κ1) is 14.3. The number of halogens is 3. The van der Waals surface area contributed by atoms with Gasteiger partial charge in [-0.2, -0.15) is 0 Å². The molecule has 0 aliphatic rings. The van der Waals surface area contributed by atoms with Crippen molar-refractivity contribution in [2.45, 2.75) is 13.1 Å². The molecule has 0 spiro atoms. The maximum absolute atomic E-state index is 6.09. The number of nitrogens with zero attached hydrogens (tertiary/aromatic N) is 2. The predicted octanol–water partition coefficient (Wildman–Crippen LogP) is 4.84. The lowest BCUT2D eigenvalue weighted by molar-refractivity contribution is 0.315. The molecule has 2 heterocycles. The zero-order chi connectivity index (χ0) is 13.1. The van der Waals surface area contributed by atoms with Gasteiger partial charge < -0.3 is 0 Å². The van der Waals surface area contributed by atoms with E-state index >= 15 is 0 Å². The van der Waals surface area contributed by atoms with Gasteiger partial charge in [0.15, 0.2) is 0 Å². The monoisotopic (exact) mass is 364 g/mol. The van der Waals surface area contributed by atoms with Crippen molar-refractivity contribution in [3.63, 3.8) is 0 Å². The summed E-state index contributed by atoms with van der Waals surface area (Å²) in [6.07, 6.45) is 0. The molecule has 0 bridgehead atoms. The zero-order valence-electron chi connectivity index (χ0n) is 9.66. The van der Waals surface area contributed by atoms with Gasteiger partial charge in [0.2, 0.25) is 0 Å². The minimum absolute atomic E-state index is 0.473. The van der Waals surface area contributed by atoms with Crippen LogP contribution in [0.15, 0.2) is 27.4 Å². The first-order chi connectivity index (χ1) is 8.54. The Morgan fingerprint density at radius 3 is 2.78 bits per heavy atom. The summed E-state index contributed by atoms with van der Waals surface area (Å²) in [5.74, 6) is 0. The molecule has 0 fully saturated rings. The third-order valence-electron chi connectivity index (χ3n) is 2.38. The Labute approximate surface area is 129 Å². The summed E-state index contributed by atoms with van der Waals surface area (Å²) in [5, 5.41) is 3.26. The van der Waals surface area contributed by atoms with E-state index < -0.39 is 0 Å². The Balaban J connectivity index is 2.02. The number of pyridine rings is 1. The van der Waals surface area contributed by atoms with Crippen molar-refractivity contribution >= 4 is 50.5 Å². The van der Waals surface area contributed by atoms with Gasteiger partial charge in [0.25, 0.3) is 0 Å². The molecule has 2 aromatic rings. The van der Waals surface area contributed by atoms with E-state index in [2.05, 4.69) is 37.3 Å². The fourth-order valence-electron chi connectivity index (χ4n) is 1.62. The number of aromatic nitrogens is 1. The molecule has 2 aromatic heterocycles. The van der Waals surface area contributed by atoms with Crippen LogP contribution in [0, 0.1) is 0 Å². The van der Waals surface area contributed by atoms with Crippen LogP contribution < -0.4 is 0 Å². The molecule has 18 heavy (non-hydrogen) atoms. The number of hydrogen-bond donors (Lipinski definition) is 0. The molecule has 0 saturated heterocycles. The van der Waals surface area contributed by atoms with Crippen molar-refractivity contribution in [2.24, 2.45) is 0 Å². The lowest BCUT2D eigenvalue weighted by Gasteiger charge is -2.16. The fraction of sp³-hybridized carbons (Fsp3) is 0.250. The average Bonchev–Trinajstić information content (AvgIpc) is 2.69. The Kier molecular flexibility index (Phi) is 5.04. The average molecular weight is 366 g/mol. The molecule has 0 aromatic carbocycles. The van der Waals surface area contributed by atoms with Crippen molar-refractivity contribution in [2.75, 3.05) is 7.05 Å². The minimum atomic E-state index is 0.473. The lowest BCUT2D eigenvalue weighted by Crippen LogP contribution is -2.18. The summed E-state index contributed by atoms with van der Waals surface area (Å²) >= 11 is 17.1. The standard InChI is InChI=1S/C12H11BrCl2N2S/c1-17(5-8-4-11(13)18-7-8)6-10-9(14)2-3-12(15)16-10/h2-4,7H,5-6H2,1H3. The topological polar surface area (TPSA) is 16.1 Å². The van der Waals surface area contributed by atoms with Gasteiger partial charge in [0.1, 0.15) is 5.15 Å². The zero-order valence-corrected chi connectivity index (χ0v) is 13.6. The molecule has 2 nitrogen and oxygen atoms in total. The fourth-order valence-corrected chi connectivity index (χ4v) is 3.15. The van der Waals surface area contributed by atoms with Crippen LogP contribution >= 0.6 is 50.5 Å². The van der Waals surface area contributed by atoms with E-state index in [1.165, 1.54) is 5.56 Å². The molecule has 0 aliphatic carbocycles. The number of rotatable bonds is 4. The molecule has 6 heteroatoms. The van der Waals surface area contributed by atoms with Gasteiger partial charge in [-0.1, -0.05) is 23.2 Å². The first-order valence-electron chi connectivity index (χ1n) is 5.27. The van der Waals surface area contributed by atoms with Crippen LogP contribution in [0.2, 0.25) is 10.2 Å². The maximum Gasteiger partial charge on any atom is 0.129 e. The Bertz CT molecular complexity index is 545. The smallest absolute Gasteiger partial charge is 0.129 e. The third-order valence-corrected chi connectivity index (χ3v) is 4.49. The molecule has 0 unspecified atom stereocenters. The van der Waals surface area contributed by atoms with Crippen molar-refractivity contribution in [3.05, 3.63) is 48.8 Å². The van der Waals surface area contributed by atoms with Crippen LogP contribution in [0.1, 0.15) is 11.3 Å². The van der Waals surface area contributed by atoms with Gasteiger partial charge in [-0.15, -0.1) is 11.3 Å². The largest absolute Gasteiger partial charge is 0.296 e. The predicted molar refractivity (Wildman–Crippen MR) is 81.4 cm³/mol. The summed E-state index contributed by atoms with van der Waals surface area (Å²) in [5.41, 5.74) is 2.08. The maximum atomic E-state index is 6.09. The van der Waals surface area contributed by atoms with Gasteiger partial charge in [-0.25, -0.2) is 4.98 Å². The second-order valence-electron chi connectivity index (χ2n) is 3.99. The van der Waals surface area contributed by atoms with Crippen LogP contribution in [0.5, 0.6) is 0 Å². The highest BCUT2D eigenvalue weighted by Gasteiger charge is 2.08. The van der Waals surface area contributed by atoms with Crippen molar-refractivity contribution < 1.29 is 0 Å². The quantitative estimate of drug-likeness (QED) is 0.720. The van der Waals surface area contributed by atoms with Crippen LogP contribution in [0.3, 0.4) is 0 Å². The van der Waals surface area contributed by atoms with Crippen LogP contribution in [0.4, 0.5) is 0 Å². The van der Waals surface area contributed by atoms with E-state index in [1.54, 1.807) is 23.5 Å². The third kappa shape index (κ3) is 3.93. The second kappa shape index (κ2) is 6.35. The van der Waals surface area contributed by atoms with Gasteiger partial charge in [-0.3, -0.25) is 4.90 Å². The van der Waals surface area contributed by atoms with Crippen LogP contribution in [-0.4, -0.2) is 16.9 Å². The van der Waals surface area contributed by atoms with E-state index in [1.807, 2.05) is 7.05 Å². The van der Waals surface area contributed by atoms with Crippen molar-refractivity contribution in [1.29, 1.82) is 0 Å². The highest BCUT2D eigenvalue weighted by atomic mass is 79.9. The first-order valence-corrected chi connectivity index (χ1v) is 7.70. The van der Waals surface area contributed by atoms with Gasteiger partial charge >= 0.3 is 0 Å². The molecule has 0 amide bonds. The van der Waals surface area contributed by atoms with E-state index in [0.717, 1.165) is 16.0 Å². The molecular weight excluding hydrogens is 355 g/mol. The minimum Gasteiger partial charge on any atom is -0.296 e. The molecule has 0 aliphatic heterocycles. The Morgan fingerprint density at radius 2 is 2.11 bits per heavy atom. The summed E-state index contributed by atoms with van der Waals surface area (Å²) in [7, 11) is 2.03. The van der Waals surface area contributed by atoms with Gasteiger partial charge in [-0.05, 0) is 52.1 Å². The summed E-state index contributed by atoms with van der Waals surface area (Å²) in [6.45, 7) is 1.53. The van der Waals surface area contributed by atoms with Crippen LogP contribution in [0.25, 0.3) is 0 Å². The SMILES string of the molecule is CN(Cc1csc(Br)c1)Cc1nc(Cl)ccc1Cl. The van der Waals surface area contributed by atoms with E-state index in [0.29, 0.717) is 16.7 Å². The highest BCUT2D eigenvalue weighted by molar-refractivity contribution is 9.11. The molecule has 0 N–H and O–H groups in total.